The van der Waals surface area contributed by atoms with Gasteiger partial charge < -0.3 is 9.64 Å². The number of carbonyl (C=O) groups is 1. The van der Waals surface area contributed by atoms with Crippen LogP contribution in [0.25, 0.3) is 0 Å². The molecule has 0 unspecified atom stereocenters. The van der Waals surface area contributed by atoms with E-state index in [2.05, 4.69) is 9.46 Å². The molecule has 0 bridgehead atoms. The Labute approximate surface area is 126 Å². The molecule has 0 aromatic heterocycles. The van der Waals surface area contributed by atoms with Crippen molar-refractivity contribution in [2.75, 3.05) is 32.1 Å². The summed E-state index contributed by atoms with van der Waals surface area (Å²) < 4.78 is 30.7. The molecule has 1 aromatic rings. The number of carbonyl (C=O) groups excluding carboxylic acids is 1. The molecule has 1 N–H and O–H groups in total. The van der Waals surface area contributed by atoms with Crippen LogP contribution in [0, 0.1) is 0 Å². The fourth-order valence-electron chi connectivity index (χ4n) is 1.84. The summed E-state index contributed by atoms with van der Waals surface area (Å²) in [5.41, 5.74) is 0.898. The van der Waals surface area contributed by atoms with Gasteiger partial charge in [0.25, 0.3) is 0 Å². The van der Waals surface area contributed by atoms with E-state index in [1.54, 1.807) is 31.2 Å². The van der Waals surface area contributed by atoms with E-state index in [0.717, 1.165) is 5.69 Å². The van der Waals surface area contributed by atoms with Gasteiger partial charge >= 0.3 is 5.97 Å². The van der Waals surface area contributed by atoms with Crippen molar-refractivity contribution >= 4 is 21.7 Å². The lowest BCUT2D eigenvalue weighted by molar-refractivity contribution is -0.140. The van der Waals surface area contributed by atoms with Crippen LogP contribution in [0.15, 0.2) is 29.2 Å². The molecule has 0 saturated carbocycles. The average Bonchev–Trinajstić information content (AvgIpc) is 2.47. The zero-order chi connectivity index (χ0) is 15.9. The molecule has 7 heteroatoms. The average molecular weight is 314 g/mol. The quantitative estimate of drug-likeness (QED) is 0.734. The first-order valence-electron chi connectivity index (χ1n) is 6.78. The first kappa shape index (κ1) is 17.5. The molecular weight excluding hydrogens is 292 g/mol. The third-order valence-corrected chi connectivity index (χ3v) is 4.59. The second kappa shape index (κ2) is 7.99. The van der Waals surface area contributed by atoms with Gasteiger partial charge in [-0.05, 0) is 30.7 Å². The van der Waals surface area contributed by atoms with Gasteiger partial charge in [-0.15, -0.1) is 0 Å². The summed E-state index contributed by atoms with van der Waals surface area (Å²) in [5.74, 6) is -0.226. The first-order chi connectivity index (χ1) is 9.90. The Balaban J connectivity index is 2.63. The van der Waals surface area contributed by atoms with Crippen LogP contribution >= 0.6 is 0 Å². The standard InChI is InChI=1S/C14H22N2O4S/c1-4-15-21(18,19)13-9-7-12(8-10-13)16(2)11-5-6-14(17)20-3/h7-10,15H,4-6,11H2,1-3H3. The van der Waals surface area contributed by atoms with E-state index in [4.69, 9.17) is 0 Å². The number of sulfonamides is 1. The number of benzene rings is 1. The molecule has 0 saturated heterocycles. The Morgan fingerprint density at radius 3 is 2.43 bits per heavy atom. The van der Waals surface area contributed by atoms with Gasteiger partial charge in [0.05, 0.1) is 12.0 Å². The Hall–Kier alpha value is -1.60. The summed E-state index contributed by atoms with van der Waals surface area (Å²) in [6.45, 7) is 2.78. The number of methoxy groups -OCH3 is 1. The van der Waals surface area contributed by atoms with Gasteiger partial charge in [0.1, 0.15) is 0 Å². The van der Waals surface area contributed by atoms with E-state index in [1.165, 1.54) is 7.11 Å². The molecule has 0 spiro atoms. The highest BCUT2D eigenvalue weighted by molar-refractivity contribution is 7.89. The van der Waals surface area contributed by atoms with Crippen LogP contribution in [0.2, 0.25) is 0 Å². The van der Waals surface area contributed by atoms with E-state index in [1.807, 2.05) is 11.9 Å². The Morgan fingerprint density at radius 2 is 1.90 bits per heavy atom. The van der Waals surface area contributed by atoms with Crippen LogP contribution in [0.5, 0.6) is 0 Å². The van der Waals surface area contributed by atoms with E-state index in [-0.39, 0.29) is 10.9 Å². The fourth-order valence-corrected chi connectivity index (χ4v) is 2.89. The summed E-state index contributed by atoms with van der Waals surface area (Å²) in [7, 11) is -0.150. The third-order valence-electron chi connectivity index (χ3n) is 3.02. The Morgan fingerprint density at radius 1 is 1.29 bits per heavy atom. The molecule has 0 atom stereocenters. The van der Waals surface area contributed by atoms with Crippen molar-refractivity contribution < 1.29 is 17.9 Å². The largest absolute Gasteiger partial charge is 0.469 e. The van der Waals surface area contributed by atoms with Crippen molar-refractivity contribution in [1.29, 1.82) is 0 Å². The van der Waals surface area contributed by atoms with Crippen LogP contribution in [0.4, 0.5) is 5.69 Å². The predicted molar refractivity (Wildman–Crippen MR) is 81.8 cm³/mol. The van der Waals surface area contributed by atoms with Crippen molar-refractivity contribution in [2.24, 2.45) is 0 Å². The van der Waals surface area contributed by atoms with Gasteiger partial charge in [-0.1, -0.05) is 6.92 Å². The van der Waals surface area contributed by atoms with E-state index in [0.29, 0.717) is 25.9 Å². The summed E-state index contributed by atoms with van der Waals surface area (Å²) >= 11 is 0. The van der Waals surface area contributed by atoms with E-state index < -0.39 is 10.0 Å². The minimum atomic E-state index is -3.41. The molecule has 0 aliphatic rings. The smallest absolute Gasteiger partial charge is 0.305 e. The Kier molecular flexibility index (Phi) is 6.64. The molecule has 1 rings (SSSR count). The van der Waals surface area contributed by atoms with Crippen LogP contribution in [0.1, 0.15) is 19.8 Å². The third kappa shape index (κ3) is 5.35. The minimum Gasteiger partial charge on any atom is -0.469 e. The number of hydrogen-bond donors (Lipinski definition) is 1. The molecule has 1 aromatic carbocycles. The maximum atomic E-state index is 11.8. The molecule has 0 radical (unpaired) electrons. The van der Waals surface area contributed by atoms with Crippen LogP contribution in [0.3, 0.4) is 0 Å². The van der Waals surface area contributed by atoms with E-state index in [9.17, 15) is 13.2 Å². The second-order valence-corrected chi connectivity index (χ2v) is 6.36. The van der Waals surface area contributed by atoms with Crippen molar-refractivity contribution in [2.45, 2.75) is 24.7 Å². The highest BCUT2D eigenvalue weighted by atomic mass is 32.2. The SMILES string of the molecule is CCNS(=O)(=O)c1ccc(N(C)CCCC(=O)OC)cc1. The fraction of sp³-hybridized carbons (Fsp3) is 0.500. The summed E-state index contributed by atoms with van der Waals surface area (Å²) in [5, 5.41) is 0. The van der Waals surface area contributed by atoms with Crippen molar-refractivity contribution in [3.63, 3.8) is 0 Å². The summed E-state index contributed by atoms with van der Waals surface area (Å²) in [4.78, 5) is 13.2. The highest BCUT2D eigenvalue weighted by Gasteiger charge is 2.12. The molecule has 0 aliphatic carbocycles. The predicted octanol–water partition coefficient (Wildman–Crippen LogP) is 1.37. The highest BCUT2D eigenvalue weighted by Crippen LogP contribution is 2.17. The number of ether oxygens (including phenoxy) is 1. The monoisotopic (exact) mass is 314 g/mol. The van der Waals surface area contributed by atoms with Crippen LogP contribution < -0.4 is 9.62 Å². The number of rotatable bonds is 8. The van der Waals surface area contributed by atoms with E-state index >= 15 is 0 Å². The van der Waals surface area contributed by atoms with Gasteiger partial charge in [0.2, 0.25) is 10.0 Å². The summed E-state index contributed by atoms with van der Waals surface area (Å²) in [6.07, 6.45) is 1.05. The van der Waals surface area contributed by atoms with Crippen molar-refractivity contribution in [3.05, 3.63) is 24.3 Å². The molecule has 0 heterocycles. The lowest BCUT2D eigenvalue weighted by atomic mass is 10.2. The number of nitrogens with zero attached hydrogens (tertiary/aromatic N) is 1. The zero-order valence-electron chi connectivity index (χ0n) is 12.6. The molecule has 118 valence electrons. The number of nitrogens with one attached hydrogen (secondary N) is 1. The number of anilines is 1. The Bertz CT molecular complexity index is 555. The second-order valence-electron chi connectivity index (χ2n) is 4.60. The van der Waals surface area contributed by atoms with Crippen molar-refractivity contribution in [1.82, 2.24) is 4.72 Å². The normalized spacial score (nSPS) is 11.2. The minimum absolute atomic E-state index is 0.226. The van der Waals surface area contributed by atoms with Crippen LogP contribution in [-0.4, -0.2) is 41.6 Å². The molecular formula is C14H22N2O4S. The van der Waals surface area contributed by atoms with Crippen LogP contribution in [-0.2, 0) is 19.6 Å². The molecule has 0 aliphatic heterocycles. The number of esters is 1. The lowest BCUT2D eigenvalue weighted by Gasteiger charge is -2.19. The molecule has 6 nitrogen and oxygen atoms in total. The van der Waals surface area contributed by atoms with Gasteiger partial charge in [-0.2, -0.15) is 0 Å². The van der Waals surface area contributed by atoms with Gasteiger partial charge in [-0.25, -0.2) is 13.1 Å². The molecule has 0 amide bonds. The molecule has 0 fully saturated rings. The van der Waals surface area contributed by atoms with Gasteiger partial charge in [-0.3, -0.25) is 4.79 Å². The zero-order valence-corrected chi connectivity index (χ0v) is 13.4. The maximum absolute atomic E-state index is 11.8. The number of hydrogen-bond acceptors (Lipinski definition) is 5. The summed E-state index contributed by atoms with van der Waals surface area (Å²) in [6, 6.07) is 6.65. The maximum Gasteiger partial charge on any atom is 0.305 e. The van der Waals surface area contributed by atoms with Gasteiger partial charge in [0.15, 0.2) is 0 Å². The lowest BCUT2D eigenvalue weighted by Crippen LogP contribution is -2.23. The molecule has 21 heavy (non-hydrogen) atoms. The topological polar surface area (TPSA) is 75.7 Å². The van der Waals surface area contributed by atoms with Crippen molar-refractivity contribution in [3.8, 4) is 0 Å². The van der Waals surface area contributed by atoms with Gasteiger partial charge in [0, 0.05) is 32.2 Å². The first-order valence-corrected chi connectivity index (χ1v) is 8.26.